The SMILES string of the molecule is Cn1cc(/C(Nc2ccc(CN3CCCCC3)cc2)=C2/C(=O)Nc3ccc(C(=O)O)cc32)cn1. The van der Waals surface area contributed by atoms with Crippen LogP contribution in [0, 0.1) is 0 Å². The first-order valence-electron chi connectivity index (χ1n) is 11.5. The molecule has 0 radical (unpaired) electrons. The number of nitrogens with zero attached hydrogens (tertiary/aromatic N) is 3. The quantitative estimate of drug-likeness (QED) is 0.483. The van der Waals surface area contributed by atoms with Crippen LogP contribution in [0.4, 0.5) is 11.4 Å². The number of benzene rings is 2. The van der Waals surface area contributed by atoms with E-state index in [1.54, 1.807) is 16.9 Å². The number of hydrogen-bond donors (Lipinski definition) is 3. The summed E-state index contributed by atoms with van der Waals surface area (Å²) in [5, 5.41) is 20.0. The molecule has 1 amide bonds. The van der Waals surface area contributed by atoms with Crippen LogP contribution in [0.1, 0.15) is 46.3 Å². The molecule has 2 aliphatic rings. The van der Waals surface area contributed by atoms with E-state index in [1.165, 1.54) is 37.0 Å². The average molecular weight is 458 g/mol. The smallest absolute Gasteiger partial charge is 0.335 e. The van der Waals surface area contributed by atoms with Gasteiger partial charge in [-0.1, -0.05) is 18.6 Å². The highest BCUT2D eigenvalue weighted by Gasteiger charge is 2.30. The van der Waals surface area contributed by atoms with Gasteiger partial charge in [-0.15, -0.1) is 0 Å². The Hall–Kier alpha value is -3.91. The summed E-state index contributed by atoms with van der Waals surface area (Å²) in [6.45, 7) is 3.22. The molecule has 3 heterocycles. The van der Waals surface area contributed by atoms with E-state index < -0.39 is 5.97 Å². The van der Waals surface area contributed by atoms with Crippen molar-refractivity contribution in [1.82, 2.24) is 14.7 Å². The van der Waals surface area contributed by atoms with Gasteiger partial charge in [0, 0.05) is 42.3 Å². The predicted molar refractivity (Wildman–Crippen MR) is 131 cm³/mol. The van der Waals surface area contributed by atoms with E-state index >= 15 is 0 Å². The summed E-state index contributed by atoms with van der Waals surface area (Å²) in [6.07, 6.45) is 7.35. The van der Waals surface area contributed by atoms with E-state index in [0.717, 1.165) is 30.9 Å². The molecular formula is C26H27N5O3. The van der Waals surface area contributed by atoms with E-state index in [2.05, 4.69) is 32.8 Å². The second-order valence-corrected chi connectivity index (χ2v) is 8.83. The fourth-order valence-corrected chi connectivity index (χ4v) is 4.59. The summed E-state index contributed by atoms with van der Waals surface area (Å²) in [6, 6.07) is 12.9. The van der Waals surface area contributed by atoms with Crippen LogP contribution in [0.5, 0.6) is 0 Å². The first-order chi connectivity index (χ1) is 16.5. The second-order valence-electron chi connectivity index (χ2n) is 8.83. The van der Waals surface area contributed by atoms with E-state index in [1.807, 2.05) is 25.4 Å². The van der Waals surface area contributed by atoms with Gasteiger partial charge in [0.05, 0.1) is 23.0 Å². The van der Waals surface area contributed by atoms with Gasteiger partial charge in [0.2, 0.25) is 0 Å². The molecule has 0 saturated carbocycles. The Kier molecular flexibility index (Phi) is 5.90. The summed E-state index contributed by atoms with van der Waals surface area (Å²) in [5.41, 5.74) is 5.06. The number of carboxylic acids is 1. The number of piperidine rings is 1. The molecular weight excluding hydrogens is 430 g/mol. The zero-order valence-corrected chi connectivity index (χ0v) is 19.0. The molecule has 3 N–H and O–H groups in total. The van der Waals surface area contributed by atoms with Gasteiger partial charge in [-0.3, -0.25) is 14.4 Å². The monoisotopic (exact) mass is 457 g/mol. The van der Waals surface area contributed by atoms with Crippen molar-refractivity contribution >= 4 is 34.5 Å². The van der Waals surface area contributed by atoms with Gasteiger partial charge >= 0.3 is 5.97 Å². The number of likely N-dealkylation sites (tertiary alicyclic amines) is 1. The van der Waals surface area contributed by atoms with Crippen LogP contribution >= 0.6 is 0 Å². The maximum Gasteiger partial charge on any atom is 0.335 e. The first kappa shape index (κ1) is 21.9. The lowest BCUT2D eigenvalue weighted by molar-refractivity contribution is -0.110. The number of aromatic nitrogens is 2. The highest BCUT2D eigenvalue weighted by atomic mass is 16.4. The van der Waals surface area contributed by atoms with E-state index in [9.17, 15) is 14.7 Å². The van der Waals surface area contributed by atoms with Crippen molar-refractivity contribution in [3.05, 3.63) is 77.1 Å². The number of amides is 1. The van der Waals surface area contributed by atoms with E-state index in [4.69, 9.17) is 0 Å². The van der Waals surface area contributed by atoms with Gasteiger partial charge in [0.15, 0.2) is 0 Å². The molecule has 34 heavy (non-hydrogen) atoms. The number of hydrogen-bond acceptors (Lipinski definition) is 5. The van der Waals surface area contributed by atoms with Crippen LogP contribution in [0.25, 0.3) is 11.3 Å². The second kappa shape index (κ2) is 9.15. The summed E-state index contributed by atoms with van der Waals surface area (Å²) < 4.78 is 1.67. The molecule has 1 aromatic heterocycles. The van der Waals surface area contributed by atoms with Crippen LogP contribution in [0.15, 0.2) is 54.9 Å². The number of anilines is 2. The van der Waals surface area contributed by atoms with Gasteiger partial charge in [0.1, 0.15) is 0 Å². The van der Waals surface area contributed by atoms with Crippen molar-refractivity contribution in [2.24, 2.45) is 7.05 Å². The lowest BCUT2D eigenvalue weighted by atomic mass is 9.99. The molecule has 8 heteroatoms. The van der Waals surface area contributed by atoms with Crippen LogP contribution < -0.4 is 10.6 Å². The molecule has 5 rings (SSSR count). The number of aromatic carboxylic acids is 1. The van der Waals surface area contributed by atoms with Gasteiger partial charge in [-0.25, -0.2) is 4.79 Å². The van der Waals surface area contributed by atoms with Crippen molar-refractivity contribution in [3.8, 4) is 0 Å². The first-order valence-corrected chi connectivity index (χ1v) is 11.5. The van der Waals surface area contributed by atoms with Crippen molar-refractivity contribution in [1.29, 1.82) is 0 Å². The lowest BCUT2D eigenvalue weighted by Gasteiger charge is -2.26. The third kappa shape index (κ3) is 4.45. The van der Waals surface area contributed by atoms with Crippen molar-refractivity contribution in [3.63, 3.8) is 0 Å². The molecule has 0 atom stereocenters. The lowest BCUT2D eigenvalue weighted by Crippen LogP contribution is -2.29. The molecule has 0 bridgehead atoms. The molecule has 174 valence electrons. The number of carbonyl (C=O) groups is 2. The minimum atomic E-state index is -1.04. The standard InChI is InChI=1S/C26H27N5O3/c1-30-16-19(14-27-30)24(23-21-13-18(26(33)34)7-10-22(21)29-25(23)32)28-20-8-5-17(6-9-20)15-31-11-3-2-4-12-31/h5-10,13-14,16,28H,2-4,11-12,15H2,1H3,(H,29,32)(H,33,34)/b24-23-. The minimum absolute atomic E-state index is 0.125. The molecule has 2 aliphatic heterocycles. The third-order valence-corrected chi connectivity index (χ3v) is 6.33. The molecule has 0 aliphatic carbocycles. The average Bonchev–Trinajstić information content (AvgIpc) is 3.41. The molecule has 1 saturated heterocycles. The maximum atomic E-state index is 13.0. The highest BCUT2D eigenvalue weighted by molar-refractivity contribution is 6.37. The number of carboxylic acid groups (broad SMARTS) is 1. The van der Waals surface area contributed by atoms with Gasteiger partial charge in [0.25, 0.3) is 5.91 Å². The Labute approximate surface area is 197 Å². The number of rotatable bonds is 6. The Bertz CT molecular complexity index is 1270. The van der Waals surface area contributed by atoms with Crippen molar-refractivity contribution in [2.45, 2.75) is 25.8 Å². The summed E-state index contributed by atoms with van der Waals surface area (Å²) >= 11 is 0. The zero-order chi connectivity index (χ0) is 23.7. The van der Waals surface area contributed by atoms with Gasteiger partial charge in [-0.05, 0) is 61.8 Å². The Morgan fingerprint density at radius 1 is 1.09 bits per heavy atom. The van der Waals surface area contributed by atoms with Crippen LogP contribution in [0.3, 0.4) is 0 Å². The maximum absolute atomic E-state index is 13.0. The van der Waals surface area contributed by atoms with E-state index in [0.29, 0.717) is 22.5 Å². The van der Waals surface area contributed by atoms with Gasteiger partial charge < -0.3 is 15.7 Å². The minimum Gasteiger partial charge on any atom is -0.478 e. The number of carbonyl (C=O) groups excluding carboxylic acids is 1. The van der Waals surface area contributed by atoms with Crippen LogP contribution in [0.2, 0.25) is 0 Å². The van der Waals surface area contributed by atoms with Crippen molar-refractivity contribution in [2.75, 3.05) is 23.7 Å². The fraction of sp³-hybridized carbons (Fsp3) is 0.269. The summed E-state index contributed by atoms with van der Waals surface area (Å²) in [4.78, 5) is 27.0. The summed E-state index contributed by atoms with van der Waals surface area (Å²) in [7, 11) is 1.81. The molecule has 8 nitrogen and oxygen atoms in total. The third-order valence-electron chi connectivity index (χ3n) is 6.33. The van der Waals surface area contributed by atoms with Gasteiger partial charge in [-0.2, -0.15) is 5.10 Å². The van der Waals surface area contributed by atoms with Crippen LogP contribution in [-0.4, -0.2) is 44.8 Å². The number of fused-ring (bicyclic) bond motifs is 1. The Morgan fingerprint density at radius 3 is 2.53 bits per heavy atom. The normalized spacial score (nSPS) is 17.3. The molecule has 1 fully saturated rings. The van der Waals surface area contributed by atoms with Crippen LogP contribution in [-0.2, 0) is 18.4 Å². The number of nitrogens with one attached hydrogen (secondary N) is 2. The van der Waals surface area contributed by atoms with Crippen molar-refractivity contribution < 1.29 is 14.7 Å². The molecule has 2 aromatic carbocycles. The molecule has 3 aromatic rings. The molecule has 0 spiro atoms. The fourth-order valence-electron chi connectivity index (χ4n) is 4.59. The Balaban J connectivity index is 1.50. The Morgan fingerprint density at radius 2 is 1.85 bits per heavy atom. The molecule has 0 unspecified atom stereocenters. The largest absolute Gasteiger partial charge is 0.478 e. The number of aryl methyl sites for hydroxylation is 1. The predicted octanol–water partition coefficient (Wildman–Crippen LogP) is 4.04. The topological polar surface area (TPSA) is 99.5 Å². The summed E-state index contributed by atoms with van der Waals surface area (Å²) in [5.74, 6) is -1.33. The van der Waals surface area contributed by atoms with E-state index in [-0.39, 0.29) is 11.5 Å². The highest BCUT2D eigenvalue weighted by Crippen LogP contribution is 2.38. The zero-order valence-electron chi connectivity index (χ0n) is 19.0.